The Hall–Kier alpha value is -0.390. The largest absolute Gasteiger partial charge is 0.390 e. The first-order valence-electron chi connectivity index (χ1n) is 4.44. The van der Waals surface area contributed by atoms with Crippen molar-refractivity contribution in [3.8, 4) is 0 Å². The molecule has 1 aromatic heterocycles. The van der Waals surface area contributed by atoms with E-state index >= 15 is 0 Å². The van der Waals surface area contributed by atoms with Gasteiger partial charge < -0.3 is 5.11 Å². The molecule has 1 rings (SSSR count). The summed E-state index contributed by atoms with van der Waals surface area (Å²) in [7, 11) is 0. The smallest absolute Gasteiger partial charge is 0.269 e. The van der Waals surface area contributed by atoms with Gasteiger partial charge in [-0.3, -0.25) is 9.36 Å². The van der Waals surface area contributed by atoms with Crippen LogP contribution in [-0.2, 0) is 6.54 Å². The molecule has 0 aliphatic rings. The molecule has 4 nitrogen and oxygen atoms in total. The second-order valence-corrected chi connectivity index (χ2v) is 5.06. The zero-order valence-electron chi connectivity index (χ0n) is 8.50. The van der Waals surface area contributed by atoms with Gasteiger partial charge in [-0.1, -0.05) is 11.6 Å². The average Bonchev–Trinajstić information content (AvgIpc) is 2.12. The highest BCUT2D eigenvalue weighted by Gasteiger charge is 2.14. The van der Waals surface area contributed by atoms with E-state index in [9.17, 15) is 9.90 Å². The zero-order chi connectivity index (χ0) is 11.6. The van der Waals surface area contributed by atoms with Crippen LogP contribution in [0, 0.1) is 0 Å². The Morgan fingerprint density at radius 3 is 2.80 bits per heavy atom. The van der Waals surface area contributed by atoms with E-state index in [2.05, 4.69) is 20.9 Å². The molecule has 15 heavy (non-hydrogen) atoms. The molecule has 0 saturated carbocycles. The van der Waals surface area contributed by atoms with E-state index in [0.717, 1.165) is 0 Å². The number of hydrogen-bond donors (Lipinski definition) is 1. The van der Waals surface area contributed by atoms with E-state index in [4.69, 9.17) is 11.6 Å². The van der Waals surface area contributed by atoms with Crippen molar-refractivity contribution in [3.63, 3.8) is 0 Å². The van der Waals surface area contributed by atoms with Crippen LogP contribution in [0.25, 0.3) is 0 Å². The van der Waals surface area contributed by atoms with E-state index in [-0.39, 0.29) is 15.2 Å². The quantitative estimate of drug-likeness (QED) is 0.866. The molecule has 1 aromatic rings. The van der Waals surface area contributed by atoms with Crippen molar-refractivity contribution in [2.45, 2.75) is 32.4 Å². The van der Waals surface area contributed by atoms with Crippen LogP contribution in [0.3, 0.4) is 0 Å². The molecule has 0 aliphatic heterocycles. The van der Waals surface area contributed by atoms with Crippen LogP contribution in [0.4, 0.5) is 0 Å². The summed E-state index contributed by atoms with van der Waals surface area (Å²) in [5.74, 6) is 0. The highest BCUT2D eigenvalue weighted by molar-refractivity contribution is 9.10. The predicted octanol–water partition coefficient (Wildman–Crippen LogP) is 1.82. The number of aryl methyl sites for hydroxylation is 1. The fourth-order valence-corrected chi connectivity index (χ4v) is 1.45. The van der Waals surface area contributed by atoms with Gasteiger partial charge in [0, 0.05) is 6.54 Å². The minimum Gasteiger partial charge on any atom is -0.390 e. The molecule has 0 aliphatic carbocycles. The molecular formula is C9H12BrClN2O2. The van der Waals surface area contributed by atoms with Crippen LogP contribution >= 0.6 is 27.5 Å². The van der Waals surface area contributed by atoms with Gasteiger partial charge in [-0.2, -0.15) is 0 Å². The highest BCUT2D eigenvalue weighted by Crippen LogP contribution is 2.14. The maximum Gasteiger partial charge on any atom is 0.269 e. The number of aromatic nitrogens is 2. The standard InChI is InChI=1S/C9H12BrClN2O2/c1-9(2,15)3-4-13-5-12-7(11)6(10)8(13)14/h5,15H,3-4H2,1-2H3. The van der Waals surface area contributed by atoms with Crippen molar-refractivity contribution in [2.24, 2.45) is 0 Å². The van der Waals surface area contributed by atoms with Crippen LogP contribution in [0.15, 0.2) is 15.6 Å². The lowest BCUT2D eigenvalue weighted by molar-refractivity contribution is 0.0658. The molecule has 0 atom stereocenters. The van der Waals surface area contributed by atoms with Crippen LogP contribution in [0.2, 0.25) is 5.15 Å². The first-order valence-corrected chi connectivity index (χ1v) is 5.61. The first kappa shape index (κ1) is 12.7. The van der Waals surface area contributed by atoms with Crippen molar-refractivity contribution in [3.05, 3.63) is 26.3 Å². The van der Waals surface area contributed by atoms with Crippen molar-refractivity contribution in [2.75, 3.05) is 0 Å². The number of nitrogens with zero attached hydrogens (tertiary/aromatic N) is 2. The fraction of sp³-hybridized carbons (Fsp3) is 0.556. The normalized spacial score (nSPS) is 11.8. The Labute approximate surface area is 101 Å². The lowest BCUT2D eigenvalue weighted by atomic mass is 10.1. The molecule has 6 heteroatoms. The Morgan fingerprint density at radius 1 is 1.67 bits per heavy atom. The second kappa shape index (κ2) is 4.63. The lowest BCUT2D eigenvalue weighted by Crippen LogP contribution is -2.27. The van der Waals surface area contributed by atoms with E-state index in [1.165, 1.54) is 10.9 Å². The third-order valence-corrected chi connectivity index (χ3v) is 3.13. The van der Waals surface area contributed by atoms with Gasteiger partial charge in [0.05, 0.1) is 11.9 Å². The Bertz CT molecular complexity index is 412. The molecule has 1 N–H and O–H groups in total. The third-order valence-electron chi connectivity index (χ3n) is 1.90. The molecular weight excluding hydrogens is 283 g/mol. The monoisotopic (exact) mass is 294 g/mol. The fourth-order valence-electron chi connectivity index (χ4n) is 0.997. The summed E-state index contributed by atoms with van der Waals surface area (Å²) in [6.45, 7) is 3.79. The van der Waals surface area contributed by atoms with Crippen LogP contribution in [-0.4, -0.2) is 20.3 Å². The van der Waals surface area contributed by atoms with Gasteiger partial charge in [-0.15, -0.1) is 0 Å². The Balaban J connectivity index is 2.89. The topological polar surface area (TPSA) is 55.1 Å². The summed E-state index contributed by atoms with van der Waals surface area (Å²) >= 11 is 8.72. The van der Waals surface area contributed by atoms with Gasteiger partial charge in [-0.05, 0) is 36.2 Å². The van der Waals surface area contributed by atoms with E-state index in [0.29, 0.717) is 13.0 Å². The third kappa shape index (κ3) is 3.59. The van der Waals surface area contributed by atoms with Crippen molar-refractivity contribution >= 4 is 27.5 Å². The van der Waals surface area contributed by atoms with Crippen molar-refractivity contribution in [1.82, 2.24) is 9.55 Å². The van der Waals surface area contributed by atoms with Crippen LogP contribution in [0.5, 0.6) is 0 Å². The minimum atomic E-state index is -0.800. The highest BCUT2D eigenvalue weighted by atomic mass is 79.9. The summed E-state index contributed by atoms with van der Waals surface area (Å²) in [4.78, 5) is 15.5. The van der Waals surface area contributed by atoms with Gasteiger partial charge in [-0.25, -0.2) is 4.98 Å². The summed E-state index contributed by atoms with van der Waals surface area (Å²) in [5, 5.41) is 9.67. The Morgan fingerprint density at radius 2 is 2.27 bits per heavy atom. The molecule has 0 saturated heterocycles. The van der Waals surface area contributed by atoms with E-state index in [1.807, 2.05) is 0 Å². The Kier molecular flexibility index (Phi) is 3.92. The number of halogens is 2. The average molecular weight is 296 g/mol. The molecule has 1 heterocycles. The summed E-state index contributed by atoms with van der Waals surface area (Å²) in [6.07, 6.45) is 1.85. The minimum absolute atomic E-state index is 0.152. The predicted molar refractivity (Wildman–Crippen MR) is 62.1 cm³/mol. The summed E-state index contributed by atoms with van der Waals surface area (Å²) in [5.41, 5.74) is -1.04. The molecule has 0 bridgehead atoms. The van der Waals surface area contributed by atoms with E-state index in [1.54, 1.807) is 13.8 Å². The van der Waals surface area contributed by atoms with Gasteiger partial charge in [0.25, 0.3) is 5.56 Å². The maximum absolute atomic E-state index is 11.6. The van der Waals surface area contributed by atoms with Gasteiger partial charge in [0.2, 0.25) is 0 Å². The SMILES string of the molecule is CC(C)(O)CCn1cnc(Cl)c(Br)c1=O. The van der Waals surface area contributed by atoms with Crippen molar-refractivity contribution < 1.29 is 5.11 Å². The number of hydrogen-bond acceptors (Lipinski definition) is 3. The van der Waals surface area contributed by atoms with Gasteiger partial charge in [0.1, 0.15) is 4.47 Å². The van der Waals surface area contributed by atoms with Crippen LogP contribution < -0.4 is 5.56 Å². The summed E-state index contributed by atoms with van der Waals surface area (Å²) in [6, 6.07) is 0. The molecule has 0 spiro atoms. The molecule has 84 valence electrons. The molecule has 0 unspecified atom stereocenters. The summed E-state index contributed by atoms with van der Waals surface area (Å²) < 4.78 is 1.66. The second-order valence-electron chi connectivity index (χ2n) is 3.91. The molecule has 0 radical (unpaired) electrons. The van der Waals surface area contributed by atoms with Crippen molar-refractivity contribution in [1.29, 1.82) is 0 Å². The molecule has 0 aromatic carbocycles. The number of rotatable bonds is 3. The van der Waals surface area contributed by atoms with Gasteiger partial charge in [0.15, 0.2) is 5.15 Å². The zero-order valence-corrected chi connectivity index (χ0v) is 10.8. The maximum atomic E-state index is 11.6. The number of aliphatic hydroxyl groups is 1. The van der Waals surface area contributed by atoms with Crippen LogP contribution in [0.1, 0.15) is 20.3 Å². The first-order chi connectivity index (χ1) is 6.81. The molecule has 0 amide bonds. The lowest BCUT2D eigenvalue weighted by Gasteiger charge is -2.17. The van der Waals surface area contributed by atoms with E-state index < -0.39 is 5.60 Å². The molecule has 0 fully saturated rings. The van der Waals surface area contributed by atoms with Gasteiger partial charge >= 0.3 is 0 Å².